The minimum atomic E-state index is 0.0282. The third-order valence-electron chi connectivity index (χ3n) is 2.81. The minimum Gasteiger partial charge on any atom is -0.303 e. The van der Waals surface area contributed by atoms with Crippen LogP contribution in [0.15, 0.2) is 5.10 Å². The molecule has 0 unspecified atom stereocenters. The molecule has 0 aromatic carbocycles. The van der Waals surface area contributed by atoms with E-state index in [-0.39, 0.29) is 5.91 Å². The van der Waals surface area contributed by atoms with Crippen molar-refractivity contribution >= 4 is 11.6 Å². The molecule has 0 bridgehead atoms. The molecule has 4 heteroatoms. The lowest BCUT2D eigenvalue weighted by molar-refractivity contribution is -0.121. The molecule has 1 aliphatic rings. The van der Waals surface area contributed by atoms with Crippen molar-refractivity contribution in [1.29, 1.82) is 0 Å². The first kappa shape index (κ1) is 13.2. The van der Waals surface area contributed by atoms with Gasteiger partial charge < -0.3 is 4.90 Å². The molecular formula is C12H23N3O. The van der Waals surface area contributed by atoms with Crippen LogP contribution in [0.1, 0.15) is 40.0 Å². The predicted octanol–water partition coefficient (Wildman–Crippen LogP) is 1.62. The van der Waals surface area contributed by atoms with Crippen LogP contribution in [0.25, 0.3) is 0 Å². The Morgan fingerprint density at radius 2 is 2.06 bits per heavy atom. The van der Waals surface area contributed by atoms with Gasteiger partial charge in [0.2, 0.25) is 5.91 Å². The number of hydrogen-bond acceptors (Lipinski definition) is 3. The van der Waals surface area contributed by atoms with Crippen LogP contribution in [0.5, 0.6) is 0 Å². The molecule has 0 aromatic heterocycles. The van der Waals surface area contributed by atoms with Crippen LogP contribution >= 0.6 is 0 Å². The van der Waals surface area contributed by atoms with E-state index in [1.807, 2.05) is 13.8 Å². The number of carbonyl (C=O) groups excluding carboxylic acids is 1. The maximum absolute atomic E-state index is 11.4. The van der Waals surface area contributed by atoms with Crippen LogP contribution in [-0.4, -0.2) is 36.2 Å². The number of likely N-dealkylation sites (tertiary alicyclic amines) is 1. The molecule has 1 fully saturated rings. The van der Waals surface area contributed by atoms with Crippen LogP contribution in [0.4, 0.5) is 0 Å². The summed E-state index contributed by atoms with van der Waals surface area (Å²) < 4.78 is 0. The van der Waals surface area contributed by atoms with Crippen molar-refractivity contribution in [1.82, 2.24) is 10.3 Å². The third-order valence-corrected chi connectivity index (χ3v) is 2.81. The van der Waals surface area contributed by atoms with Crippen molar-refractivity contribution in [3.05, 3.63) is 0 Å². The number of hydrogen-bond donors (Lipinski definition) is 1. The largest absolute Gasteiger partial charge is 0.303 e. The Labute approximate surface area is 98.1 Å². The molecule has 4 nitrogen and oxygen atoms in total. The molecule has 0 aliphatic carbocycles. The number of carbonyl (C=O) groups is 1. The molecule has 0 aromatic rings. The molecule has 1 amide bonds. The monoisotopic (exact) mass is 225 g/mol. The number of amides is 1. The van der Waals surface area contributed by atoms with Gasteiger partial charge in [-0.1, -0.05) is 20.8 Å². The molecule has 92 valence electrons. The van der Waals surface area contributed by atoms with Crippen LogP contribution in [0.3, 0.4) is 0 Å². The van der Waals surface area contributed by atoms with Gasteiger partial charge in [-0.15, -0.1) is 0 Å². The molecule has 0 saturated carbocycles. The van der Waals surface area contributed by atoms with E-state index in [4.69, 9.17) is 0 Å². The van der Waals surface area contributed by atoms with Gasteiger partial charge in [0.15, 0.2) is 0 Å². The summed E-state index contributed by atoms with van der Waals surface area (Å²) in [6.45, 7) is 9.48. The zero-order valence-electron chi connectivity index (χ0n) is 10.6. The fourth-order valence-electron chi connectivity index (χ4n) is 1.80. The van der Waals surface area contributed by atoms with Crippen molar-refractivity contribution in [2.45, 2.75) is 40.0 Å². The first-order valence-electron chi connectivity index (χ1n) is 6.18. The lowest BCUT2D eigenvalue weighted by Gasteiger charge is -2.25. The van der Waals surface area contributed by atoms with Crippen molar-refractivity contribution in [3.8, 4) is 0 Å². The van der Waals surface area contributed by atoms with Crippen LogP contribution in [0.2, 0.25) is 0 Å². The zero-order chi connectivity index (χ0) is 12.0. The molecule has 16 heavy (non-hydrogen) atoms. The summed E-state index contributed by atoms with van der Waals surface area (Å²) in [6, 6.07) is 0. The summed E-state index contributed by atoms with van der Waals surface area (Å²) in [6.07, 6.45) is 2.52. The molecule has 0 radical (unpaired) electrons. The van der Waals surface area contributed by atoms with Crippen molar-refractivity contribution in [3.63, 3.8) is 0 Å². The SMILES string of the molecule is CCN1CCC(=NNC(=O)CC(C)C)CC1. The van der Waals surface area contributed by atoms with Gasteiger partial charge in [-0.25, -0.2) is 5.43 Å². The van der Waals surface area contributed by atoms with Crippen LogP contribution in [-0.2, 0) is 4.79 Å². The molecule has 1 rings (SSSR count). The molecule has 1 saturated heterocycles. The molecular weight excluding hydrogens is 202 g/mol. The zero-order valence-corrected chi connectivity index (χ0v) is 10.6. The normalized spacial score (nSPS) is 17.6. The van der Waals surface area contributed by atoms with Crippen LogP contribution in [0, 0.1) is 5.92 Å². The van der Waals surface area contributed by atoms with Crippen molar-refractivity contribution < 1.29 is 4.79 Å². The second-order valence-corrected chi connectivity index (χ2v) is 4.75. The fraction of sp³-hybridized carbons (Fsp3) is 0.833. The quantitative estimate of drug-likeness (QED) is 0.739. The fourth-order valence-corrected chi connectivity index (χ4v) is 1.80. The van der Waals surface area contributed by atoms with Gasteiger partial charge in [0.25, 0.3) is 0 Å². The highest BCUT2D eigenvalue weighted by Crippen LogP contribution is 2.06. The van der Waals surface area contributed by atoms with E-state index in [9.17, 15) is 4.79 Å². The highest BCUT2D eigenvalue weighted by molar-refractivity contribution is 5.87. The maximum atomic E-state index is 11.4. The average molecular weight is 225 g/mol. The highest BCUT2D eigenvalue weighted by Gasteiger charge is 2.13. The Bertz CT molecular complexity index is 251. The van der Waals surface area contributed by atoms with E-state index in [1.165, 1.54) is 0 Å². The second kappa shape index (κ2) is 6.63. The molecule has 0 atom stereocenters. The van der Waals surface area contributed by atoms with Crippen LogP contribution < -0.4 is 5.43 Å². The lowest BCUT2D eigenvalue weighted by Crippen LogP contribution is -2.34. The first-order valence-corrected chi connectivity index (χ1v) is 6.18. The van der Waals surface area contributed by atoms with Gasteiger partial charge in [-0.05, 0) is 12.5 Å². The predicted molar refractivity (Wildman–Crippen MR) is 66.4 cm³/mol. The summed E-state index contributed by atoms with van der Waals surface area (Å²) in [7, 11) is 0. The number of hydrazone groups is 1. The Morgan fingerprint density at radius 3 is 2.56 bits per heavy atom. The summed E-state index contributed by atoms with van der Waals surface area (Å²) in [5.41, 5.74) is 3.77. The summed E-state index contributed by atoms with van der Waals surface area (Å²) in [4.78, 5) is 13.8. The van der Waals surface area contributed by atoms with Gasteiger partial charge in [0, 0.05) is 38.1 Å². The summed E-state index contributed by atoms with van der Waals surface area (Å²) in [5.74, 6) is 0.419. The van der Waals surface area contributed by atoms with Crippen molar-refractivity contribution in [2.24, 2.45) is 11.0 Å². The minimum absolute atomic E-state index is 0.0282. The Hall–Kier alpha value is -0.900. The highest BCUT2D eigenvalue weighted by atomic mass is 16.2. The molecule has 1 N–H and O–H groups in total. The average Bonchev–Trinajstić information content (AvgIpc) is 2.26. The second-order valence-electron chi connectivity index (χ2n) is 4.75. The van der Waals surface area contributed by atoms with Gasteiger partial charge in [-0.2, -0.15) is 5.10 Å². The van der Waals surface area contributed by atoms with E-state index in [0.29, 0.717) is 12.3 Å². The number of nitrogens with zero attached hydrogens (tertiary/aromatic N) is 2. The summed E-state index contributed by atoms with van der Waals surface area (Å²) >= 11 is 0. The lowest BCUT2D eigenvalue weighted by atomic mass is 10.1. The van der Waals surface area contributed by atoms with E-state index in [2.05, 4.69) is 22.4 Å². The Balaban J connectivity index is 2.28. The Morgan fingerprint density at radius 1 is 1.44 bits per heavy atom. The third kappa shape index (κ3) is 4.75. The first-order chi connectivity index (χ1) is 7.61. The molecule has 0 spiro atoms. The van der Waals surface area contributed by atoms with E-state index in [0.717, 1.165) is 38.2 Å². The summed E-state index contributed by atoms with van der Waals surface area (Å²) in [5, 5.41) is 4.20. The van der Waals surface area contributed by atoms with Gasteiger partial charge >= 0.3 is 0 Å². The smallest absolute Gasteiger partial charge is 0.240 e. The van der Waals surface area contributed by atoms with E-state index >= 15 is 0 Å². The standard InChI is InChI=1S/C12H23N3O/c1-4-15-7-5-11(6-8-15)13-14-12(16)9-10(2)3/h10H,4-9H2,1-3H3,(H,14,16). The Kier molecular flexibility index (Phi) is 5.46. The number of rotatable bonds is 4. The maximum Gasteiger partial charge on any atom is 0.240 e. The van der Waals surface area contributed by atoms with E-state index < -0.39 is 0 Å². The van der Waals surface area contributed by atoms with Gasteiger partial charge in [0.1, 0.15) is 0 Å². The number of nitrogens with one attached hydrogen (secondary N) is 1. The van der Waals surface area contributed by atoms with E-state index in [1.54, 1.807) is 0 Å². The van der Waals surface area contributed by atoms with Gasteiger partial charge in [0.05, 0.1) is 0 Å². The molecule has 1 heterocycles. The molecule has 1 aliphatic heterocycles. The topological polar surface area (TPSA) is 44.7 Å². The number of piperidine rings is 1. The van der Waals surface area contributed by atoms with Crippen molar-refractivity contribution in [2.75, 3.05) is 19.6 Å². The van der Waals surface area contributed by atoms with Gasteiger partial charge in [-0.3, -0.25) is 4.79 Å².